The van der Waals surface area contributed by atoms with Crippen LogP contribution in [0.25, 0.3) is 0 Å². The van der Waals surface area contributed by atoms with Crippen molar-refractivity contribution in [2.75, 3.05) is 20.7 Å². The molecule has 0 radical (unpaired) electrons. The minimum Gasteiger partial charge on any atom is -0.465 e. The Morgan fingerprint density at radius 3 is 2.67 bits per heavy atom. The third-order valence-corrected chi connectivity index (χ3v) is 3.10. The molecule has 0 unspecified atom stereocenters. The number of carbonyl (C=O) groups excluding carboxylic acids is 1. The lowest BCUT2D eigenvalue weighted by molar-refractivity contribution is 0.0600. The van der Waals surface area contributed by atoms with E-state index in [1.54, 1.807) is 25.2 Å². The number of carbonyl (C=O) groups is 1. The molecule has 0 amide bonds. The number of hydrogen-bond donors (Lipinski definition) is 0. The van der Waals surface area contributed by atoms with Crippen molar-refractivity contribution in [3.05, 3.63) is 33.8 Å². The van der Waals surface area contributed by atoms with E-state index < -0.39 is 12.4 Å². The zero-order valence-corrected chi connectivity index (χ0v) is 11.7. The highest BCUT2D eigenvalue weighted by atomic mass is 79.9. The summed E-state index contributed by atoms with van der Waals surface area (Å²) in [6, 6.07) is 4.96. The van der Waals surface area contributed by atoms with Crippen molar-refractivity contribution in [1.29, 1.82) is 0 Å². The van der Waals surface area contributed by atoms with Crippen LogP contribution < -0.4 is 0 Å². The number of nitrogens with zero attached hydrogens (tertiary/aromatic N) is 1. The Morgan fingerprint density at radius 1 is 1.50 bits per heavy atom. The van der Waals surface area contributed by atoms with Gasteiger partial charge in [0.25, 0.3) is 6.43 Å². The molecule has 100 valence electrons. The number of ether oxygens (including phenoxy) is 1. The maximum Gasteiger partial charge on any atom is 0.337 e. The third-order valence-electron chi connectivity index (χ3n) is 2.36. The quantitative estimate of drug-likeness (QED) is 0.781. The van der Waals surface area contributed by atoms with Crippen LogP contribution in [0.4, 0.5) is 8.78 Å². The molecule has 0 aliphatic rings. The zero-order chi connectivity index (χ0) is 13.7. The van der Waals surface area contributed by atoms with Gasteiger partial charge in [-0.05, 0) is 24.7 Å². The first kappa shape index (κ1) is 15.0. The molecular weight excluding hydrogens is 308 g/mol. The van der Waals surface area contributed by atoms with Crippen LogP contribution in [0.15, 0.2) is 22.7 Å². The Labute approximate surface area is 113 Å². The molecule has 0 aliphatic carbocycles. The molecule has 6 heteroatoms. The van der Waals surface area contributed by atoms with Crippen LogP contribution in [0.2, 0.25) is 0 Å². The summed E-state index contributed by atoms with van der Waals surface area (Å²) in [5.41, 5.74) is 1.26. The summed E-state index contributed by atoms with van der Waals surface area (Å²) in [7, 11) is 2.92. The second-order valence-electron chi connectivity index (χ2n) is 3.89. The summed E-state index contributed by atoms with van der Waals surface area (Å²) < 4.78 is 29.7. The molecule has 0 aromatic heterocycles. The van der Waals surface area contributed by atoms with Crippen molar-refractivity contribution in [1.82, 2.24) is 4.90 Å². The monoisotopic (exact) mass is 321 g/mol. The minimum absolute atomic E-state index is 0.287. The molecule has 3 nitrogen and oxygen atoms in total. The van der Waals surface area contributed by atoms with Crippen molar-refractivity contribution in [3.8, 4) is 0 Å². The van der Waals surface area contributed by atoms with Crippen LogP contribution in [0.3, 0.4) is 0 Å². The van der Waals surface area contributed by atoms with Gasteiger partial charge in [-0.15, -0.1) is 0 Å². The van der Waals surface area contributed by atoms with E-state index in [-0.39, 0.29) is 6.54 Å². The highest BCUT2D eigenvalue weighted by molar-refractivity contribution is 9.10. The lowest BCUT2D eigenvalue weighted by Crippen LogP contribution is -2.24. The second kappa shape index (κ2) is 6.80. The Bertz CT molecular complexity index is 427. The fraction of sp³-hybridized carbons (Fsp3) is 0.417. The van der Waals surface area contributed by atoms with Gasteiger partial charge in [0.2, 0.25) is 0 Å². The maximum atomic E-state index is 12.2. The molecule has 0 aliphatic heterocycles. The number of hydrogen-bond acceptors (Lipinski definition) is 3. The van der Waals surface area contributed by atoms with Gasteiger partial charge in [0.05, 0.1) is 19.2 Å². The molecule has 18 heavy (non-hydrogen) atoms. The van der Waals surface area contributed by atoms with Gasteiger partial charge in [-0.3, -0.25) is 4.90 Å². The molecule has 1 aromatic rings. The van der Waals surface area contributed by atoms with Gasteiger partial charge in [0.15, 0.2) is 0 Å². The first-order valence-corrected chi connectivity index (χ1v) is 6.06. The number of benzene rings is 1. The largest absolute Gasteiger partial charge is 0.465 e. The van der Waals surface area contributed by atoms with E-state index >= 15 is 0 Å². The molecule has 0 spiro atoms. The summed E-state index contributed by atoms with van der Waals surface area (Å²) >= 11 is 3.32. The Kier molecular flexibility index (Phi) is 5.68. The molecule has 0 saturated heterocycles. The van der Waals surface area contributed by atoms with Crippen LogP contribution in [0.1, 0.15) is 15.9 Å². The second-order valence-corrected chi connectivity index (χ2v) is 4.74. The first-order valence-electron chi connectivity index (χ1n) is 5.27. The maximum absolute atomic E-state index is 12.2. The summed E-state index contributed by atoms with van der Waals surface area (Å²) in [6.07, 6.45) is -2.36. The summed E-state index contributed by atoms with van der Waals surface area (Å²) in [6.45, 7) is 0.0948. The van der Waals surface area contributed by atoms with Crippen LogP contribution >= 0.6 is 15.9 Å². The molecule has 0 fully saturated rings. The van der Waals surface area contributed by atoms with E-state index in [0.717, 1.165) is 5.56 Å². The van der Waals surface area contributed by atoms with Gasteiger partial charge in [-0.1, -0.05) is 22.0 Å². The predicted molar refractivity (Wildman–Crippen MR) is 67.8 cm³/mol. The summed E-state index contributed by atoms with van der Waals surface area (Å²) in [5, 5.41) is 0. The SMILES string of the molecule is COC(=O)c1ccc(CN(C)CC(F)F)c(Br)c1. The number of methoxy groups -OCH3 is 1. The summed E-state index contributed by atoms with van der Waals surface area (Å²) in [5.74, 6) is -0.428. The number of halogens is 3. The summed E-state index contributed by atoms with van der Waals surface area (Å²) in [4.78, 5) is 12.8. The molecule has 1 aromatic carbocycles. The van der Waals surface area contributed by atoms with Crippen molar-refractivity contribution in [3.63, 3.8) is 0 Å². The fourth-order valence-corrected chi connectivity index (χ4v) is 2.02. The average Bonchev–Trinajstić information content (AvgIpc) is 2.29. The Balaban J connectivity index is 2.76. The van der Waals surface area contributed by atoms with Gasteiger partial charge >= 0.3 is 5.97 Å². The Morgan fingerprint density at radius 2 is 2.17 bits per heavy atom. The van der Waals surface area contributed by atoms with E-state index in [2.05, 4.69) is 20.7 Å². The molecular formula is C12H14BrF2NO2. The van der Waals surface area contributed by atoms with Crippen molar-refractivity contribution < 1.29 is 18.3 Å². The molecule has 0 heterocycles. The highest BCUT2D eigenvalue weighted by Gasteiger charge is 2.12. The topological polar surface area (TPSA) is 29.5 Å². The highest BCUT2D eigenvalue weighted by Crippen LogP contribution is 2.20. The lowest BCUT2D eigenvalue weighted by Gasteiger charge is -2.17. The van der Waals surface area contributed by atoms with Crippen LogP contribution in [0.5, 0.6) is 0 Å². The first-order chi connectivity index (χ1) is 8.43. The van der Waals surface area contributed by atoms with Gasteiger partial charge in [-0.25, -0.2) is 13.6 Å². The van der Waals surface area contributed by atoms with Crippen LogP contribution in [0, 0.1) is 0 Å². The van der Waals surface area contributed by atoms with Gasteiger partial charge in [0, 0.05) is 11.0 Å². The van der Waals surface area contributed by atoms with Crippen molar-refractivity contribution in [2.24, 2.45) is 0 Å². The van der Waals surface area contributed by atoms with E-state index in [0.29, 0.717) is 16.6 Å². The van der Waals surface area contributed by atoms with Crippen molar-refractivity contribution in [2.45, 2.75) is 13.0 Å². The Hall–Kier alpha value is -1.01. The van der Waals surface area contributed by atoms with Gasteiger partial charge in [0.1, 0.15) is 0 Å². The molecule has 0 saturated carbocycles. The van der Waals surface area contributed by atoms with Crippen LogP contribution in [-0.4, -0.2) is 38.0 Å². The van der Waals surface area contributed by atoms with E-state index in [9.17, 15) is 13.6 Å². The molecule has 0 bridgehead atoms. The zero-order valence-electron chi connectivity index (χ0n) is 10.1. The van der Waals surface area contributed by atoms with E-state index in [1.807, 2.05) is 0 Å². The normalized spacial score (nSPS) is 11.1. The number of alkyl halides is 2. The predicted octanol–water partition coefficient (Wildman–Crippen LogP) is 2.93. The molecule has 0 atom stereocenters. The van der Waals surface area contributed by atoms with Gasteiger partial charge < -0.3 is 4.74 Å². The minimum atomic E-state index is -2.36. The average molecular weight is 322 g/mol. The number of esters is 1. The van der Waals surface area contributed by atoms with E-state index in [1.165, 1.54) is 12.0 Å². The fourth-order valence-electron chi connectivity index (χ4n) is 1.51. The number of rotatable bonds is 5. The lowest BCUT2D eigenvalue weighted by atomic mass is 10.1. The van der Waals surface area contributed by atoms with Gasteiger partial charge in [-0.2, -0.15) is 0 Å². The van der Waals surface area contributed by atoms with Crippen LogP contribution in [-0.2, 0) is 11.3 Å². The smallest absolute Gasteiger partial charge is 0.337 e. The molecule has 1 rings (SSSR count). The third kappa shape index (κ3) is 4.34. The standard InChI is InChI=1S/C12H14BrF2NO2/c1-16(7-11(14)15)6-9-4-3-8(5-10(9)13)12(17)18-2/h3-5,11H,6-7H2,1-2H3. The molecule has 0 N–H and O–H groups in total. The van der Waals surface area contributed by atoms with Crippen molar-refractivity contribution >= 4 is 21.9 Å². The van der Waals surface area contributed by atoms with E-state index in [4.69, 9.17) is 0 Å².